The van der Waals surface area contributed by atoms with Crippen LogP contribution in [0.25, 0.3) is 0 Å². The largest absolute Gasteiger partial charge is 0.497 e. The number of likely N-dealkylation sites (N-methyl/N-ethyl adjacent to an activating group) is 5. The number of hydrogen-bond acceptors (Lipinski definition) is 22. The highest BCUT2D eigenvalue weighted by atomic mass is 16.6. The van der Waals surface area contributed by atoms with Gasteiger partial charge in [0.15, 0.2) is 0 Å². The summed E-state index contributed by atoms with van der Waals surface area (Å²) in [4.78, 5) is 85.4. The van der Waals surface area contributed by atoms with Crippen LogP contribution in [0.3, 0.4) is 0 Å². The van der Waals surface area contributed by atoms with Crippen LogP contribution in [0.5, 0.6) is 46.0 Å². The highest BCUT2D eigenvalue weighted by molar-refractivity contribution is 5.80. The van der Waals surface area contributed by atoms with Crippen molar-refractivity contribution in [3.63, 3.8) is 0 Å². The maximum Gasteiger partial charge on any atom is 0.311 e. The summed E-state index contributed by atoms with van der Waals surface area (Å²) in [5, 5.41) is 8.74. The van der Waals surface area contributed by atoms with Gasteiger partial charge in [0.05, 0.1) is 59.9 Å². The Bertz CT molecular complexity index is 4780. The first-order valence-electron chi connectivity index (χ1n) is 46.2. The van der Waals surface area contributed by atoms with Gasteiger partial charge in [0.2, 0.25) is 0 Å². The van der Waals surface area contributed by atoms with Crippen LogP contribution in [-0.2, 0) is 105 Å². The lowest BCUT2D eigenvalue weighted by molar-refractivity contribution is -0.154. The van der Waals surface area contributed by atoms with Crippen LogP contribution in [0.2, 0.25) is 0 Å². The standard InChI is InChI=1S/2C41H52N2O6.C24H31NO6/c2*1-42(2)27-34(28-47-38-14-6-5-11-30(38)16-15-29-10-9-12-32(24-29)46-4)49-40(45)20-19-39(44)48-33-18-17-31-25-37-35-13-7-8-21-41(35,36(31)26-33)22-23-43(37)3;1-25(2)16-21(31-24(28)14-13-23(26)27)17-30-22-10-5-4-8-19(22)12-11-18-7-6-9-20(15-18)29-3/h2*5-6,9-12,14,17-18,24,26,34-35,37H,7-8,13,15-16,19-23,25,27-28H2,1-4H3;4-10,15,21H,11-14,16-17H2,1-3H3,(H,26,27)/t2*34-,35+,37-,41-;/m00./s1. The molecular weight excluding hydrogens is 1630 g/mol. The monoisotopic (exact) mass is 1770 g/mol. The smallest absolute Gasteiger partial charge is 0.311 e. The second-order valence-corrected chi connectivity index (χ2v) is 36.4. The minimum Gasteiger partial charge on any atom is -0.497 e. The number of hydrogen-bond donors (Lipinski definition) is 1. The number of aryl methyl sites for hydroxylation is 6. The zero-order chi connectivity index (χ0) is 91.4. The van der Waals surface area contributed by atoms with E-state index < -0.39 is 54.1 Å². The topological polar surface area (TPSA) is 240 Å². The molecule has 692 valence electrons. The Balaban J connectivity index is 0.000000181. The number of carboxylic acid groups (broad SMARTS) is 1. The molecule has 1 unspecified atom stereocenters. The number of ether oxygens (including phenoxy) is 11. The number of fused-ring (bicyclic) bond motifs is 2. The van der Waals surface area contributed by atoms with Gasteiger partial charge in [-0.15, -0.1) is 0 Å². The Hall–Kier alpha value is -10.8. The van der Waals surface area contributed by atoms with E-state index in [2.05, 4.69) is 78.5 Å². The molecule has 1 N–H and O–H groups in total. The normalized spacial score (nSPS) is 19.6. The van der Waals surface area contributed by atoms with Crippen LogP contribution in [0.4, 0.5) is 0 Å². The molecule has 6 aliphatic rings. The summed E-state index contributed by atoms with van der Waals surface area (Å²) in [6.07, 6.45) is 17.4. The molecule has 23 heteroatoms. The van der Waals surface area contributed by atoms with E-state index in [0.29, 0.717) is 55.1 Å². The van der Waals surface area contributed by atoms with E-state index in [-0.39, 0.29) is 69.2 Å². The number of carbonyl (C=O) groups is 6. The zero-order valence-corrected chi connectivity index (χ0v) is 77.6. The highest BCUT2D eigenvalue weighted by Gasteiger charge is 2.55. The first-order valence-corrected chi connectivity index (χ1v) is 46.2. The van der Waals surface area contributed by atoms with Crippen molar-refractivity contribution in [3.05, 3.63) is 238 Å². The van der Waals surface area contributed by atoms with E-state index in [0.717, 1.165) is 128 Å². The fourth-order valence-electron chi connectivity index (χ4n) is 20.2. The van der Waals surface area contributed by atoms with Gasteiger partial charge in [-0.1, -0.05) is 129 Å². The van der Waals surface area contributed by atoms with Crippen molar-refractivity contribution in [2.24, 2.45) is 11.8 Å². The number of aliphatic carboxylic acids is 1. The highest BCUT2D eigenvalue weighted by Crippen LogP contribution is 2.58. The first-order chi connectivity index (χ1) is 62.3. The fraction of sp³-hybridized carbons (Fsp3) is 0.491. The average molecular weight is 1770 g/mol. The average Bonchev–Trinajstić information content (AvgIpc) is 0.720. The Morgan fingerprint density at radius 3 is 1.05 bits per heavy atom. The molecule has 2 saturated carbocycles. The van der Waals surface area contributed by atoms with E-state index in [9.17, 15) is 28.8 Å². The Morgan fingerprint density at radius 1 is 0.380 bits per heavy atom. The molecule has 9 atom stereocenters. The van der Waals surface area contributed by atoms with Gasteiger partial charge in [0.25, 0.3) is 0 Å². The van der Waals surface area contributed by atoms with Gasteiger partial charge >= 0.3 is 35.8 Å². The third kappa shape index (κ3) is 27.6. The van der Waals surface area contributed by atoms with Gasteiger partial charge < -0.3 is 81.7 Å². The summed E-state index contributed by atoms with van der Waals surface area (Å²) in [6, 6.07) is 61.5. The summed E-state index contributed by atoms with van der Waals surface area (Å²) >= 11 is 0. The quantitative estimate of drug-likeness (QED) is 0.0213. The van der Waals surface area contributed by atoms with E-state index in [1.807, 2.05) is 184 Å². The van der Waals surface area contributed by atoms with Crippen LogP contribution in [0, 0.1) is 11.8 Å². The maximum atomic E-state index is 13.0. The van der Waals surface area contributed by atoms with Crippen molar-refractivity contribution >= 4 is 35.8 Å². The molecule has 2 saturated heterocycles. The van der Waals surface area contributed by atoms with E-state index in [1.54, 1.807) is 21.3 Å². The molecule has 8 aromatic carbocycles. The molecule has 4 bridgehead atoms. The molecule has 0 amide bonds. The number of carbonyl (C=O) groups excluding carboxylic acids is 5. The molecule has 2 heterocycles. The number of piperidine rings is 2. The third-order valence-corrected chi connectivity index (χ3v) is 26.5. The lowest BCUT2D eigenvalue weighted by Crippen LogP contribution is -2.59. The van der Waals surface area contributed by atoms with Gasteiger partial charge in [-0.3, -0.25) is 28.8 Å². The van der Waals surface area contributed by atoms with E-state index >= 15 is 0 Å². The van der Waals surface area contributed by atoms with Gasteiger partial charge in [0.1, 0.15) is 84.1 Å². The Morgan fingerprint density at radius 2 is 0.713 bits per heavy atom. The number of esters is 5. The van der Waals surface area contributed by atoms with Crippen molar-refractivity contribution < 1.29 is 86.0 Å². The predicted octanol–water partition coefficient (Wildman–Crippen LogP) is 16.0. The third-order valence-electron chi connectivity index (χ3n) is 26.5. The SMILES string of the molecule is COc1cccc(CCc2ccccc2OCC(CN(C)C)OC(=O)CCC(=O)O)c1.COc1cccc(CCc2ccccc2OC[C@H](CN(C)C)OC(=O)CCC(=O)Oc2ccc3c(c2)[C@]24CCCC[C@@H]2[C@H](C3)N(C)CC4)c1.COc1cccc(CCc2ccccc2OC[C@H](CN(C)C)OC(=O)CCC(=O)Oc2ccc3c(c2)[C@]24CCCC[C@@H]2[C@H](C3)N(C)CC4)c1. The second kappa shape index (κ2) is 47.7. The number of carboxylic acids is 1. The summed E-state index contributed by atoms with van der Waals surface area (Å²) in [5.74, 6) is 4.02. The molecule has 0 aromatic heterocycles. The summed E-state index contributed by atoms with van der Waals surface area (Å²) in [5.41, 5.74) is 12.7. The Kier molecular flexibility index (Phi) is 35.9. The van der Waals surface area contributed by atoms with Gasteiger partial charge in [0, 0.05) is 42.5 Å². The molecule has 0 spiro atoms. The number of nitrogens with zero attached hydrogens (tertiary/aromatic N) is 5. The summed E-state index contributed by atoms with van der Waals surface area (Å²) in [6.45, 7) is 4.30. The maximum absolute atomic E-state index is 13.0. The molecule has 23 nitrogen and oxygen atoms in total. The van der Waals surface area contributed by atoms with Crippen LogP contribution < -0.4 is 37.9 Å². The molecule has 0 radical (unpaired) electrons. The van der Waals surface area contributed by atoms with Crippen LogP contribution in [0.1, 0.15) is 158 Å². The zero-order valence-electron chi connectivity index (χ0n) is 77.6. The van der Waals surface area contributed by atoms with Crippen LogP contribution >= 0.6 is 0 Å². The number of para-hydroxylation sites is 3. The molecule has 14 rings (SSSR count). The second-order valence-electron chi connectivity index (χ2n) is 36.4. The molecule has 4 aliphatic carbocycles. The Labute approximate surface area is 763 Å². The number of benzene rings is 8. The van der Waals surface area contributed by atoms with Crippen molar-refractivity contribution in [2.45, 2.75) is 195 Å². The number of methoxy groups -OCH3 is 3. The molecule has 2 aliphatic heterocycles. The van der Waals surface area contributed by atoms with Crippen molar-refractivity contribution in [3.8, 4) is 46.0 Å². The fourth-order valence-corrected chi connectivity index (χ4v) is 20.2. The number of likely N-dealkylation sites (tertiary alicyclic amines) is 2. The van der Waals surface area contributed by atoms with Gasteiger partial charge in [-0.25, -0.2) is 0 Å². The van der Waals surface area contributed by atoms with Crippen molar-refractivity contribution in [2.75, 3.05) is 130 Å². The molecule has 4 fully saturated rings. The predicted molar refractivity (Wildman–Crippen MR) is 499 cm³/mol. The minimum atomic E-state index is -1.03. The van der Waals surface area contributed by atoms with E-state index in [4.69, 9.17) is 57.2 Å². The minimum absolute atomic E-state index is 0.0425. The lowest BCUT2D eigenvalue weighted by Gasteiger charge is -2.58. The lowest BCUT2D eigenvalue weighted by atomic mass is 9.52. The summed E-state index contributed by atoms with van der Waals surface area (Å²) in [7, 11) is 21.0. The van der Waals surface area contributed by atoms with Crippen LogP contribution in [-0.4, -0.2) is 226 Å². The molecule has 129 heavy (non-hydrogen) atoms. The molecular formula is C106H135N5O18. The molecule has 8 aromatic rings. The van der Waals surface area contributed by atoms with Gasteiger partial charge in [-0.2, -0.15) is 0 Å². The number of rotatable bonds is 41. The first kappa shape index (κ1) is 97.2. The van der Waals surface area contributed by atoms with Crippen molar-refractivity contribution in [1.82, 2.24) is 24.5 Å². The van der Waals surface area contributed by atoms with Crippen LogP contribution in [0.15, 0.2) is 182 Å². The van der Waals surface area contributed by atoms with Crippen molar-refractivity contribution in [1.29, 1.82) is 0 Å². The van der Waals surface area contributed by atoms with Gasteiger partial charge in [-0.05, 0) is 306 Å². The summed E-state index contributed by atoms with van der Waals surface area (Å²) < 4.78 is 63.3. The van der Waals surface area contributed by atoms with E-state index in [1.165, 1.54) is 90.3 Å².